The van der Waals surface area contributed by atoms with Gasteiger partial charge in [0.2, 0.25) is 0 Å². The Hall–Kier alpha value is -0.883. The van der Waals surface area contributed by atoms with Crippen LogP contribution in [0.3, 0.4) is 0 Å². The van der Waals surface area contributed by atoms with Gasteiger partial charge in [0, 0.05) is 24.2 Å². The Labute approximate surface area is 236 Å². The first-order valence-electron chi connectivity index (χ1n) is 13.6. The summed E-state index contributed by atoms with van der Waals surface area (Å²) in [5, 5.41) is 0.760. The van der Waals surface area contributed by atoms with E-state index in [1.165, 1.54) is 38.2 Å². The molecule has 0 aliphatic heterocycles. The topological polar surface area (TPSA) is 109 Å². The fourth-order valence-electron chi connectivity index (χ4n) is 5.10. The first kappa shape index (κ1) is 34.1. The molecule has 0 atom stereocenters. The van der Waals surface area contributed by atoms with Crippen LogP contribution in [0.1, 0.15) is 115 Å². The van der Waals surface area contributed by atoms with Gasteiger partial charge in [-0.15, -0.1) is 0 Å². The van der Waals surface area contributed by atoms with Gasteiger partial charge in [-0.3, -0.25) is 9.11 Å². The summed E-state index contributed by atoms with van der Waals surface area (Å²) in [5.74, 6) is 0. The van der Waals surface area contributed by atoms with Crippen LogP contribution in [0.15, 0.2) is 34.1 Å². The van der Waals surface area contributed by atoms with Gasteiger partial charge in [0.25, 0.3) is 20.2 Å². The van der Waals surface area contributed by atoms with Crippen LogP contribution in [0.25, 0.3) is 10.8 Å². The molecule has 2 aromatic carbocycles. The average molecular weight is 548 g/mol. The van der Waals surface area contributed by atoms with Crippen LogP contribution in [0, 0.1) is 0 Å². The van der Waals surface area contributed by atoms with Crippen LogP contribution >= 0.6 is 0 Å². The summed E-state index contributed by atoms with van der Waals surface area (Å²) in [6, 6.07) is 6.68. The quantitative estimate of drug-likeness (QED) is 0.113. The Bertz CT molecular complexity index is 1180. The van der Waals surface area contributed by atoms with Gasteiger partial charge in [-0.2, -0.15) is 16.8 Å². The summed E-state index contributed by atoms with van der Waals surface area (Å²) in [4.78, 5) is -1.35. The summed E-state index contributed by atoms with van der Waals surface area (Å²) in [7, 11) is -9.81. The standard InChI is InChI=1S/C28H44O6S2.Li/c1-3-5-7-9-11-13-15-19-23-24-20-17-18-22-26(24)28(36(32,33)34)27(35(29,30)31)25(23)21-16-14-12-10-8-6-4-2;/h17-18,20,22H,3-16,19,21H2,1-2H3,(H,29,30,31)(H,32,33,34);. The van der Waals surface area contributed by atoms with Crippen molar-refractivity contribution in [3.63, 3.8) is 0 Å². The fourth-order valence-corrected chi connectivity index (χ4v) is 7.43. The van der Waals surface area contributed by atoms with Gasteiger partial charge in [-0.1, -0.05) is 115 Å². The zero-order valence-electron chi connectivity index (χ0n) is 23.0. The molecule has 0 heterocycles. The van der Waals surface area contributed by atoms with Crippen molar-refractivity contribution in [1.82, 2.24) is 0 Å². The summed E-state index contributed by atoms with van der Waals surface area (Å²) in [6.45, 7) is 4.34. The van der Waals surface area contributed by atoms with E-state index in [4.69, 9.17) is 0 Å². The maximum Gasteiger partial charge on any atom is 0.296 e. The van der Waals surface area contributed by atoms with E-state index >= 15 is 0 Å². The molecule has 0 aromatic heterocycles. The smallest absolute Gasteiger partial charge is 0.282 e. The average Bonchev–Trinajstić information content (AvgIpc) is 2.81. The van der Waals surface area contributed by atoms with E-state index in [2.05, 4.69) is 13.8 Å². The SMILES string of the molecule is CCCCCCCCCc1c(S(=O)(=O)O)c(S(=O)(=O)O)c2ccccc2c1CCCCCCCCC.[Li]. The van der Waals surface area contributed by atoms with Crippen LogP contribution < -0.4 is 0 Å². The second kappa shape index (κ2) is 16.9. The van der Waals surface area contributed by atoms with Crippen molar-refractivity contribution < 1.29 is 25.9 Å². The van der Waals surface area contributed by atoms with Gasteiger partial charge in [0.05, 0.1) is 0 Å². The molecule has 0 aliphatic carbocycles. The minimum Gasteiger partial charge on any atom is -0.282 e. The van der Waals surface area contributed by atoms with E-state index in [0.29, 0.717) is 30.2 Å². The van der Waals surface area contributed by atoms with E-state index in [9.17, 15) is 25.9 Å². The van der Waals surface area contributed by atoms with E-state index < -0.39 is 30.0 Å². The fraction of sp³-hybridized carbons (Fsp3) is 0.643. The Morgan fingerprint density at radius 2 is 0.919 bits per heavy atom. The van der Waals surface area contributed by atoms with Crippen molar-refractivity contribution in [2.45, 2.75) is 126 Å². The number of fused-ring (bicyclic) bond motifs is 1. The molecular formula is C28H44LiO6S2. The molecule has 9 heteroatoms. The Morgan fingerprint density at radius 3 is 1.35 bits per heavy atom. The molecule has 0 saturated carbocycles. The van der Waals surface area contributed by atoms with E-state index in [1.54, 1.807) is 18.2 Å². The molecule has 1 radical (unpaired) electrons. The zero-order valence-corrected chi connectivity index (χ0v) is 24.6. The van der Waals surface area contributed by atoms with Gasteiger partial charge >= 0.3 is 0 Å². The third-order valence-corrected chi connectivity index (χ3v) is 8.95. The molecule has 37 heavy (non-hydrogen) atoms. The summed E-state index contributed by atoms with van der Waals surface area (Å²) >= 11 is 0. The number of rotatable bonds is 18. The normalized spacial score (nSPS) is 12.1. The van der Waals surface area contributed by atoms with Crippen molar-refractivity contribution in [3.8, 4) is 0 Å². The minimum absolute atomic E-state index is 0. The first-order valence-corrected chi connectivity index (χ1v) is 16.5. The monoisotopic (exact) mass is 547 g/mol. The second-order valence-electron chi connectivity index (χ2n) is 9.85. The van der Waals surface area contributed by atoms with Crippen LogP contribution in [0.2, 0.25) is 0 Å². The number of aryl methyl sites for hydroxylation is 1. The van der Waals surface area contributed by atoms with Crippen molar-refractivity contribution in [1.29, 1.82) is 0 Å². The minimum atomic E-state index is -4.91. The number of hydrogen-bond donors (Lipinski definition) is 2. The summed E-state index contributed by atoms with van der Waals surface area (Å²) in [6.07, 6.45) is 15.9. The van der Waals surface area contributed by atoms with Crippen LogP contribution in [0.4, 0.5) is 0 Å². The van der Waals surface area contributed by atoms with Gasteiger partial charge in [-0.05, 0) is 42.2 Å². The van der Waals surface area contributed by atoms with Crippen LogP contribution in [-0.4, -0.2) is 44.8 Å². The molecular weight excluding hydrogens is 503 g/mol. The van der Waals surface area contributed by atoms with Gasteiger partial charge in [-0.25, -0.2) is 0 Å². The molecule has 0 spiro atoms. The first-order chi connectivity index (χ1) is 17.1. The molecule has 2 rings (SSSR count). The number of benzene rings is 2. The molecule has 0 fully saturated rings. The molecule has 6 nitrogen and oxygen atoms in total. The van der Waals surface area contributed by atoms with Crippen molar-refractivity contribution >= 4 is 49.9 Å². The third-order valence-electron chi connectivity index (χ3n) is 6.92. The third kappa shape index (κ3) is 10.7. The molecule has 2 aromatic rings. The Kier molecular flexibility index (Phi) is 15.6. The van der Waals surface area contributed by atoms with E-state index in [1.807, 2.05) is 0 Å². The number of unbranched alkanes of at least 4 members (excludes halogenated alkanes) is 12. The van der Waals surface area contributed by atoms with Gasteiger partial charge < -0.3 is 0 Å². The summed E-state index contributed by atoms with van der Waals surface area (Å²) < 4.78 is 70.2. The van der Waals surface area contributed by atoms with Gasteiger partial charge in [0.1, 0.15) is 9.79 Å². The zero-order chi connectivity index (χ0) is 26.6. The molecule has 205 valence electrons. The van der Waals surface area contributed by atoms with Crippen LogP contribution in [-0.2, 0) is 33.1 Å². The summed E-state index contributed by atoms with van der Waals surface area (Å²) in [5.41, 5.74) is 1.11. The Balaban J connectivity index is 0.00000684. The predicted molar refractivity (Wildman–Crippen MR) is 153 cm³/mol. The predicted octanol–water partition coefficient (Wildman–Crippen LogP) is 7.54. The van der Waals surface area contributed by atoms with Crippen molar-refractivity contribution in [2.75, 3.05) is 0 Å². The van der Waals surface area contributed by atoms with Crippen LogP contribution in [0.5, 0.6) is 0 Å². The molecule has 0 aliphatic rings. The molecule has 0 bridgehead atoms. The second-order valence-corrected chi connectivity index (χ2v) is 12.6. The Morgan fingerprint density at radius 1 is 0.541 bits per heavy atom. The largest absolute Gasteiger partial charge is 0.296 e. The molecule has 0 unspecified atom stereocenters. The van der Waals surface area contributed by atoms with Crippen molar-refractivity contribution in [3.05, 3.63) is 35.4 Å². The number of hydrogen-bond acceptors (Lipinski definition) is 4. The van der Waals surface area contributed by atoms with E-state index in [-0.39, 0.29) is 24.2 Å². The van der Waals surface area contributed by atoms with Gasteiger partial charge in [0.15, 0.2) is 0 Å². The molecule has 0 saturated heterocycles. The molecule has 0 amide bonds. The maximum atomic E-state index is 12.6. The molecule has 2 N–H and O–H groups in total. The van der Waals surface area contributed by atoms with Crippen molar-refractivity contribution in [2.24, 2.45) is 0 Å². The van der Waals surface area contributed by atoms with E-state index in [0.717, 1.165) is 56.9 Å². The maximum absolute atomic E-state index is 12.6.